The maximum Gasteiger partial charge on any atom is 0.329 e. The molecule has 1 unspecified atom stereocenters. The van der Waals surface area contributed by atoms with E-state index in [1.165, 1.54) is 7.11 Å². The normalized spacial score (nSPS) is 24.5. The number of nitrogens with two attached hydrogens (primary N) is 1. The van der Waals surface area contributed by atoms with Crippen LogP contribution in [0.5, 0.6) is 11.6 Å². The fourth-order valence-electron chi connectivity index (χ4n) is 10.4. The van der Waals surface area contributed by atoms with Gasteiger partial charge in [-0.1, -0.05) is 30.9 Å². The van der Waals surface area contributed by atoms with Crippen molar-refractivity contribution in [2.75, 3.05) is 40.0 Å². The monoisotopic (exact) mass is 878 g/mol. The third kappa shape index (κ3) is 9.45. The lowest BCUT2D eigenvalue weighted by molar-refractivity contribution is -0.132. The molecule has 64 heavy (non-hydrogen) atoms. The number of hydrogen-bond acceptors (Lipinski definition) is 10. The molecule has 340 valence electrons. The van der Waals surface area contributed by atoms with Crippen molar-refractivity contribution in [1.29, 1.82) is 0 Å². The number of nitrogens with one attached hydrogen (secondary N) is 1. The number of likely N-dealkylation sites (tertiary alicyclic amines) is 1. The van der Waals surface area contributed by atoms with E-state index in [9.17, 15) is 28.4 Å². The van der Waals surface area contributed by atoms with Gasteiger partial charge in [-0.2, -0.15) is 0 Å². The van der Waals surface area contributed by atoms with E-state index < -0.39 is 36.0 Å². The lowest BCUT2D eigenvalue weighted by Crippen LogP contribution is -2.40. The number of nitrogens with zero attached hydrogens (tertiary/aromatic N) is 4. The summed E-state index contributed by atoms with van der Waals surface area (Å²) >= 11 is 0. The van der Waals surface area contributed by atoms with Crippen molar-refractivity contribution in [2.24, 2.45) is 30.5 Å². The number of halogens is 1. The van der Waals surface area contributed by atoms with Gasteiger partial charge in [0.25, 0.3) is 11.8 Å². The number of primary amides is 1. The molecule has 2 aliphatic carbocycles. The highest BCUT2D eigenvalue weighted by Gasteiger charge is 2.42. The number of aromatic nitrogens is 3. The van der Waals surface area contributed by atoms with Crippen LogP contribution in [0.25, 0.3) is 21.8 Å². The van der Waals surface area contributed by atoms with Gasteiger partial charge >= 0.3 is 5.69 Å². The number of fused-ring (bicyclic) bond motifs is 2. The molecule has 4 aliphatic rings. The topological polar surface area (TPSA) is 177 Å². The number of carbonyl (C=O) groups excluding carboxylic acids is 4. The Hall–Kier alpha value is -5.59. The zero-order chi connectivity index (χ0) is 45.1. The molecule has 2 aromatic carbocycles. The van der Waals surface area contributed by atoms with Crippen molar-refractivity contribution in [1.82, 2.24) is 24.3 Å². The van der Waals surface area contributed by atoms with Gasteiger partial charge in [0.1, 0.15) is 18.1 Å². The maximum atomic E-state index is 14.5. The van der Waals surface area contributed by atoms with Crippen molar-refractivity contribution in [3.8, 4) is 23.5 Å². The number of alkyl halides is 1. The van der Waals surface area contributed by atoms with Gasteiger partial charge in [0.15, 0.2) is 12.0 Å². The molecule has 0 spiro atoms. The minimum Gasteiger partial charge on any atom is -0.496 e. The highest BCUT2D eigenvalue weighted by atomic mass is 19.1. The van der Waals surface area contributed by atoms with Crippen LogP contribution >= 0.6 is 0 Å². The van der Waals surface area contributed by atoms with Crippen LogP contribution in [0.15, 0.2) is 41.3 Å². The van der Waals surface area contributed by atoms with Gasteiger partial charge in [-0.05, 0) is 93.9 Å². The van der Waals surface area contributed by atoms with Crippen LogP contribution in [0.4, 0.5) is 4.39 Å². The minimum absolute atomic E-state index is 0.0345. The summed E-state index contributed by atoms with van der Waals surface area (Å²) < 4.78 is 35.6. The van der Waals surface area contributed by atoms with Crippen LogP contribution < -0.4 is 26.2 Å². The van der Waals surface area contributed by atoms with Gasteiger partial charge in [-0.3, -0.25) is 28.3 Å². The maximum absolute atomic E-state index is 14.5. The van der Waals surface area contributed by atoms with Gasteiger partial charge in [-0.15, -0.1) is 0 Å². The van der Waals surface area contributed by atoms with E-state index in [4.69, 9.17) is 19.9 Å². The third-order valence-electron chi connectivity index (χ3n) is 14.0. The fraction of sp³-hybridized carbons (Fsp3) is 0.551. The molecule has 4 atom stereocenters. The van der Waals surface area contributed by atoms with Crippen LogP contribution in [0, 0.1) is 29.6 Å². The van der Waals surface area contributed by atoms with Gasteiger partial charge < -0.3 is 30.2 Å². The average Bonchev–Trinajstić information content (AvgIpc) is 3.72. The molecule has 15 heteroatoms. The summed E-state index contributed by atoms with van der Waals surface area (Å²) in [5.74, 6) is 6.19. The number of benzene rings is 2. The summed E-state index contributed by atoms with van der Waals surface area (Å²) in [6.07, 6.45) is 9.09. The van der Waals surface area contributed by atoms with E-state index in [-0.39, 0.29) is 59.5 Å². The Kier molecular flexibility index (Phi) is 13.8. The van der Waals surface area contributed by atoms with Crippen molar-refractivity contribution in [3.05, 3.63) is 63.7 Å². The van der Waals surface area contributed by atoms with Crippen molar-refractivity contribution in [3.63, 3.8) is 0 Å². The van der Waals surface area contributed by atoms with E-state index in [0.717, 1.165) is 87.6 Å². The predicted octanol–water partition coefficient (Wildman–Crippen LogP) is 5.37. The summed E-state index contributed by atoms with van der Waals surface area (Å²) in [4.78, 5) is 69.5. The molecule has 2 aliphatic heterocycles. The highest BCUT2D eigenvalue weighted by molar-refractivity contribution is 6.04. The number of methoxy groups -OCH3 is 1. The molecule has 2 aromatic heterocycles. The summed E-state index contributed by atoms with van der Waals surface area (Å²) in [5, 5.41) is 3.91. The van der Waals surface area contributed by atoms with Crippen LogP contribution in [0.3, 0.4) is 0 Å². The Bertz CT molecular complexity index is 2540. The summed E-state index contributed by atoms with van der Waals surface area (Å²) in [6.45, 7) is 5.60. The number of aryl methyl sites for hydroxylation is 2. The average molecular weight is 879 g/mol. The largest absolute Gasteiger partial charge is 0.496 e. The SMILES string of the molecule is CC[C@@H]1[C@H](F)C(=O)N[C@@H]1COc1ncc(C#CC2CCC(CN3CCC(OCCCc4cccc5c4n(C)c(=O)n5C4CCC(=O)CC4=O)CC3)CC2)c2cc(C(N)=O)c(OC)cc12. The number of carbonyl (C=O) groups is 4. The van der Waals surface area contributed by atoms with Crippen LogP contribution in [0.1, 0.15) is 105 Å². The predicted molar refractivity (Wildman–Crippen MR) is 239 cm³/mol. The summed E-state index contributed by atoms with van der Waals surface area (Å²) in [5.41, 5.74) is 8.99. The number of pyridine rings is 1. The van der Waals surface area contributed by atoms with Crippen LogP contribution in [-0.4, -0.2) is 101 Å². The Morgan fingerprint density at radius 1 is 1.03 bits per heavy atom. The van der Waals surface area contributed by atoms with E-state index in [2.05, 4.69) is 27.0 Å². The van der Waals surface area contributed by atoms with E-state index >= 15 is 0 Å². The standard InChI is InChI=1S/C49H59FN6O8/c1-4-35-39(53-47(60)44(35)50)28-64-48-37-25-43(62-3)38(46(51)59)24-36(37)32(26-52-48)15-14-29-10-12-30(13-11-29)27-55-20-18-34(19-21-55)63-22-6-8-31-7-5-9-41-45(31)54(2)49(61)56(41)40-17-16-33(57)23-42(40)58/h5,7,9,24-26,29-30,34-35,39-40,44H,4,6,8,10-13,16-23,27-28H2,1-3H3,(H2,51,59)(H,53,60)/t29?,30?,35-,39+,40?,44-/m0/s1. The lowest BCUT2D eigenvalue weighted by atomic mass is 9.81. The summed E-state index contributed by atoms with van der Waals surface area (Å²) in [6, 6.07) is 8.10. The third-order valence-corrected chi connectivity index (χ3v) is 14.0. The van der Waals surface area contributed by atoms with E-state index in [0.29, 0.717) is 48.1 Å². The number of amides is 2. The number of ketones is 2. The Balaban J connectivity index is 0.809. The zero-order valence-corrected chi connectivity index (χ0v) is 37.0. The molecular formula is C49H59FN6O8. The molecule has 0 bridgehead atoms. The van der Waals surface area contributed by atoms with Crippen molar-refractivity contribution in [2.45, 2.75) is 108 Å². The second-order valence-corrected chi connectivity index (χ2v) is 18.0. The molecule has 2 amide bonds. The number of hydrogen-bond donors (Lipinski definition) is 2. The van der Waals surface area contributed by atoms with Gasteiger partial charge in [0, 0.05) is 68.5 Å². The number of imidazole rings is 1. The lowest BCUT2D eigenvalue weighted by Gasteiger charge is -2.36. The fourth-order valence-corrected chi connectivity index (χ4v) is 10.4. The van der Waals surface area contributed by atoms with Crippen molar-refractivity contribution >= 4 is 45.2 Å². The molecule has 14 nitrogen and oxygen atoms in total. The van der Waals surface area contributed by atoms with E-state index in [1.54, 1.807) is 34.5 Å². The first kappa shape index (κ1) is 45.0. The molecular weight excluding hydrogens is 820 g/mol. The number of Topliss-reactive ketones (excluding diaryl/α,β-unsaturated/α-hetero) is 2. The second kappa shape index (κ2) is 19.7. The molecule has 8 rings (SSSR count). The number of piperidine rings is 1. The van der Waals surface area contributed by atoms with Gasteiger partial charge in [0.05, 0.1) is 53.9 Å². The van der Waals surface area contributed by atoms with Gasteiger partial charge in [-0.25, -0.2) is 14.2 Å². The molecule has 4 fully saturated rings. The molecule has 0 radical (unpaired) electrons. The molecule has 4 heterocycles. The first-order valence-corrected chi connectivity index (χ1v) is 22.9. The summed E-state index contributed by atoms with van der Waals surface area (Å²) in [7, 11) is 3.21. The quantitative estimate of drug-likeness (QED) is 0.0952. The second-order valence-electron chi connectivity index (χ2n) is 18.0. The Morgan fingerprint density at radius 3 is 2.53 bits per heavy atom. The zero-order valence-electron chi connectivity index (χ0n) is 37.0. The highest BCUT2D eigenvalue weighted by Crippen LogP contribution is 2.35. The van der Waals surface area contributed by atoms with Gasteiger partial charge in [0.2, 0.25) is 5.88 Å². The molecule has 3 N–H and O–H groups in total. The first-order chi connectivity index (χ1) is 30.9. The van der Waals surface area contributed by atoms with Crippen LogP contribution in [-0.2, 0) is 32.6 Å². The smallest absolute Gasteiger partial charge is 0.329 e. The first-order valence-electron chi connectivity index (χ1n) is 22.9. The number of para-hydroxylation sites is 1. The minimum atomic E-state index is -1.58. The van der Waals surface area contributed by atoms with Crippen molar-refractivity contribution < 1.29 is 37.8 Å². The molecule has 2 saturated heterocycles. The number of rotatable bonds is 14. The van der Waals surface area contributed by atoms with E-state index in [1.807, 2.05) is 25.1 Å². The molecule has 2 saturated carbocycles. The Morgan fingerprint density at radius 2 is 1.81 bits per heavy atom. The number of ether oxygens (including phenoxy) is 3. The Labute approximate surface area is 372 Å². The molecule has 4 aromatic rings. The van der Waals surface area contributed by atoms with Crippen LogP contribution in [0.2, 0.25) is 0 Å².